The summed E-state index contributed by atoms with van der Waals surface area (Å²) in [6.07, 6.45) is 0. The van der Waals surface area contributed by atoms with Crippen molar-refractivity contribution in [1.82, 2.24) is 0 Å². The van der Waals surface area contributed by atoms with Crippen LogP contribution in [0.4, 0.5) is 11.4 Å². The number of likely N-dealkylation sites (N-methyl/N-ethyl adjacent to an activating group) is 1. The van der Waals surface area contributed by atoms with Crippen LogP contribution in [-0.4, -0.2) is 18.4 Å². The number of hydrogen-bond acceptors (Lipinski definition) is 4. The smallest absolute Gasteiger partial charge is 0.283 e. The van der Waals surface area contributed by atoms with E-state index >= 15 is 0 Å². The van der Waals surface area contributed by atoms with Gasteiger partial charge in [0.25, 0.3) is 11.8 Å². The highest BCUT2D eigenvalue weighted by atomic mass is 35.5. The van der Waals surface area contributed by atoms with Gasteiger partial charge in [-0.3, -0.25) is 9.59 Å². The Morgan fingerprint density at radius 1 is 0.875 bits per heavy atom. The van der Waals surface area contributed by atoms with E-state index in [0.717, 1.165) is 21.0 Å². The normalized spacial score (nSPS) is 13.8. The summed E-state index contributed by atoms with van der Waals surface area (Å²) in [5.74, 6) is -0.853. The fraction of sp³-hybridized carbons (Fsp3) is 0.120. The Morgan fingerprint density at radius 3 is 2.22 bits per heavy atom. The topological polar surface area (TPSA) is 40.6 Å². The minimum atomic E-state index is -0.431. The van der Waals surface area contributed by atoms with E-state index in [1.165, 1.54) is 11.8 Å². The first kappa shape index (κ1) is 22.5. The van der Waals surface area contributed by atoms with Crippen molar-refractivity contribution in [3.63, 3.8) is 0 Å². The number of carbonyl (C=O) groups is 2. The minimum Gasteiger partial charge on any atom is -0.336 e. The molecule has 0 atom stereocenters. The monoisotopic (exact) mass is 482 g/mol. The lowest BCUT2D eigenvalue weighted by atomic mass is 10.2. The van der Waals surface area contributed by atoms with Gasteiger partial charge >= 0.3 is 0 Å². The van der Waals surface area contributed by atoms with Gasteiger partial charge in [-0.15, -0.1) is 0 Å². The zero-order valence-electron chi connectivity index (χ0n) is 17.5. The van der Waals surface area contributed by atoms with E-state index in [0.29, 0.717) is 17.1 Å². The Bertz CT molecular complexity index is 1210. The third kappa shape index (κ3) is 4.16. The molecule has 2 amide bonds. The third-order valence-corrected chi connectivity index (χ3v) is 6.97. The van der Waals surface area contributed by atoms with Crippen molar-refractivity contribution >= 4 is 58.2 Å². The van der Waals surface area contributed by atoms with Crippen molar-refractivity contribution in [3.8, 4) is 0 Å². The molecule has 1 aliphatic heterocycles. The van der Waals surface area contributed by atoms with E-state index < -0.39 is 11.8 Å². The van der Waals surface area contributed by atoms with Gasteiger partial charge in [-0.05, 0) is 50.2 Å². The fourth-order valence-corrected chi connectivity index (χ4v) is 4.87. The van der Waals surface area contributed by atoms with Crippen molar-refractivity contribution in [2.75, 3.05) is 16.3 Å². The second kappa shape index (κ2) is 9.41. The Morgan fingerprint density at radius 2 is 1.56 bits per heavy atom. The summed E-state index contributed by atoms with van der Waals surface area (Å²) >= 11 is 13.8. The molecule has 0 unspecified atom stereocenters. The maximum absolute atomic E-state index is 13.7. The summed E-state index contributed by atoms with van der Waals surface area (Å²) < 4.78 is 0. The molecule has 3 aromatic rings. The highest BCUT2D eigenvalue weighted by Gasteiger charge is 2.43. The number of nitrogens with zero attached hydrogens (tertiary/aromatic N) is 2. The Kier molecular flexibility index (Phi) is 6.60. The van der Waals surface area contributed by atoms with Gasteiger partial charge in [0.2, 0.25) is 0 Å². The second-order valence-corrected chi connectivity index (χ2v) is 9.06. The summed E-state index contributed by atoms with van der Waals surface area (Å²) in [5.41, 5.74) is 2.54. The molecule has 0 radical (unpaired) electrons. The van der Waals surface area contributed by atoms with Gasteiger partial charge in [-0.2, -0.15) is 0 Å². The molecule has 4 nitrogen and oxygen atoms in total. The predicted octanol–water partition coefficient (Wildman–Crippen LogP) is 6.71. The number of anilines is 2. The van der Waals surface area contributed by atoms with Crippen LogP contribution in [0.2, 0.25) is 10.0 Å². The molecule has 0 spiro atoms. The van der Waals surface area contributed by atoms with E-state index in [9.17, 15) is 9.59 Å². The summed E-state index contributed by atoms with van der Waals surface area (Å²) in [6.45, 7) is 4.45. The molecule has 32 heavy (non-hydrogen) atoms. The standard InChI is InChI=1S/C25H20Cl2N2O2S/c1-3-28(17-8-5-4-6-9-17)22-23(32-18-14-12-16(2)13-15-18)25(31)29(24(22)30)20-11-7-10-19(26)21(20)27/h4-15H,3H2,1-2H3. The molecule has 0 bridgehead atoms. The van der Waals surface area contributed by atoms with E-state index in [2.05, 4.69) is 0 Å². The number of rotatable bonds is 6. The molecular weight excluding hydrogens is 463 g/mol. The minimum absolute atomic E-state index is 0.166. The molecular formula is C25H20Cl2N2O2S. The third-order valence-electron chi connectivity index (χ3n) is 5.09. The van der Waals surface area contributed by atoms with Crippen LogP contribution in [0.1, 0.15) is 12.5 Å². The average Bonchev–Trinajstić information content (AvgIpc) is 3.03. The molecule has 0 saturated carbocycles. The molecule has 7 heteroatoms. The molecule has 3 aromatic carbocycles. The molecule has 0 fully saturated rings. The van der Waals surface area contributed by atoms with Crippen molar-refractivity contribution in [3.05, 3.63) is 99.0 Å². The molecule has 1 heterocycles. The maximum Gasteiger partial charge on any atom is 0.283 e. The number of benzene rings is 3. The molecule has 0 aliphatic carbocycles. The van der Waals surface area contributed by atoms with Gasteiger partial charge in [0.15, 0.2) is 0 Å². The van der Waals surface area contributed by atoms with E-state index in [1.54, 1.807) is 18.2 Å². The second-order valence-electron chi connectivity index (χ2n) is 7.19. The van der Waals surface area contributed by atoms with Crippen LogP contribution < -0.4 is 9.80 Å². The Labute approximate surface area is 201 Å². The number of hydrogen-bond donors (Lipinski definition) is 0. The van der Waals surface area contributed by atoms with Gasteiger partial charge in [0.1, 0.15) is 10.6 Å². The molecule has 0 aromatic heterocycles. The van der Waals surface area contributed by atoms with Crippen molar-refractivity contribution in [2.24, 2.45) is 0 Å². The summed E-state index contributed by atoms with van der Waals surface area (Å²) in [6, 6.07) is 22.3. The zero-order chi connectivity index (χ0) is 22.8. The number of thioether (sulfide) groups is 1. The summed E-state index contributed by atoms with van der Waals surface area (Å²) in [5, 5.41) is 0.445. The lowest BCUT2D eigenvalue weighted by Gasteiger charge is -2.25. The summed E-state index contributed by atoms with van der Waals surface area (Å²) in [7, 11) is 0. The van der Waals surface area contributed by atoms with Crippen molar-refractivity contribution < 1.29 is 9.59 Å². The van der Waals surface area contributed by atoms with Crippen LogP contribution in [-0.2, 0) is 9.59 Å². The average molecular weight is 483 g/mol. The largest absolute Gasteiger partial charge is 0.336 e. The van der Waals surface area contributed by atoms with Crippen LogP contribution in [0.15, 0.2) is 88.3 Å². The molecule has 4 rings (SSSR count). The van der Waals surface area contributed by atoms with E-state index in [-0.39, 0.29) is 15.7 Å². The van der Waals surface area contributed by atoms with Gasteiger partial charge in [0.05, 0.1) is 15.7 Å². The Hall–Kier alpha value is -2.73. The SMILES string of the molecule is CCN(C1=C(Sc2ccc(C)cc2)C(=O)N(c2cccc(Cl)c2Cl)C1=O)c1ccccc1. The zero-order valence-corrected chi connectivity index (χ0v) is 19.8. The van der Waals surface area contributed by atoms with Crippen LogP contribution in [0, 0.1) is 6.92 Å². The number of para-hydroxylation sites is 1. The van der Waals surface area contributed by atoms with E-state index in [4.69, 9.17) is 23.2 Å². The highest BCUT2D eigenvalue weighted by molar-refractivity contribution is 8.04. The van der Waals surface area contributed by atoms with Crippen LogP contribution in [0.5, 0.6) is 0 Å². The lowest BCUT2D eigenvalue weighted by molar-refractivity contribution is -0.120. The molecule has 0 N–H and O–H groups in total. The quantitative estimate of drug-likeness (QED) is 0.366. The first-order chi connectivity index (χ1) is 15.4. The van der Waals surface area contributed by atoms with Crippen LogP contribution in [0.25, 0.3) is 0 Å². The van der Waals surface area contributed by atoms with Gasteiger partial charge in [-0.1, -0.05) is 76.9 Å². The molecule has 0 saturated heterocycles. The number of carbonyl (C=O) groups excluding carboxylic acids is 2. The number of amides is 2. The highest BCUT2D eigenvalue weighted by Crippen LogP contribution is 2.42. The lowest BCUT2D eigenvalue weighted by Crippen LogP contribution is -2.35. The van der Waals surface area contributed by atoms with Gasteiger partial charge < -0.3 is 4.90 Å². The van der Waals surface area contributed by atoms with Gasteiger partial charge in [0, 0.05) is 17.1 Å². The van der Waals surface area contributed by atoms with Crippen molar-refractivity contribution in [2.45, 2.75) is 18.7 Å². The van der Waals surface area contributed by atoms with Crippen molar-refractivity contribution in [1.29, 1.82) is 0 Å². The molecule has 162 valence electrons. The number of halogens is 2. The fourth-order valence-electron chi connectivity index (χ4n) is 3.51. The van der Waals surface area contributed by atoms with E-state index in [1.807, 2.05) is 73.3 Å². The number of aryl methyl sites for hydroxylation is 1. The first-order valence-corrected chi connectivity index (χ1v) is 11.6. The molecule has 1 aliphatic rings. The van der Waals surface area contributed by atoms with Crippen LogP contribution in [0.3, 0.4) is 0 Å². The Balaban J connectivity index is 1.85. The number of imide groups is 1. The maximum atomic E-state index is 13.7. The van der Waals surface area contributed by atoms with Crippen LogP contribution >= 0.6 is 35.0 Å². The predicted molar refractivity (Wildman–Crippen MR) is 132 cm³/mol. The van der Waals surface area contributed by atoms with Gasteiger partial charge in [-0.25, -0.2) is 4.90 Å². The summed E-state index contributed by atoms with van der Waals surface area (Å²) in [4.78, 5) is 31.5. The first-order valence-electron chi connectivity index (χ1n) is 10.1.